The number of primary amides is 1. The van der Waals surface area contributed by atoms with E-state index in [0.717, 1.165) is 53.6 Å². The summed E-state index contributed by atoms with van der Waals surface area (Å²) in [6.45, 7) is 3.84. The van der Waals surface area contributed by atoms with Gasteiger partial charge in [-0.3, -0.25) is 9.59 Å². The van der Waals surface area contributed by atoms with Crippen LogP contribution in [-0.4, -0.2) is 24.6 Å². The van der Waals surface area contributed by atoms with Crippen LogP contribution >= 0.6 is 11.3 Å². The molecule has 7 heteroatoms. The van der Waals surface area contributed by atoms with Crippen molar-refractivity contribution in [2.75, 3.05) is 11.9 Å². The average Bonchev–Trinajstić information content (AvgIpc) is 3.12. The monoisotopic (exact) mass is 489 g/mol. The first-order chi connectivity index (χ1) is 16.9. The van der Waals surface area contributed by atoms with Crippen LogP contribution in [0.3, 0.4) is 0 Å². The molecule has 0 fully saturated rings. The lowest BCUT2D eigenvalue weighted by molar-refractivity contribution is -0.119. The molecule has 0 saturated carbocycles. The van der Waals surface area contributed by atoms with Crippen LogP contribution in [0.25, 0.3) is 0 Å². The molecule has 0 spiro atoms. The molecule has 1 aromatic heterocycles. The quantitative estimate of drug-likeness (QED) is 0.405. The van der Waals surface area contributed by atoms with Gasteiger partial charge in [0.05, 0.1) is 5.56 Å². The van der Waals surface area contributed by atoms with E-state index in [4.69, 9.17) is 15.5 Å². The van der Waals surface area contributed by atoms with Crippen molar-refractivity contribution >= 4 is 40.1 Å². The summed E-state index contributed by atoms with van der Waals surface area (Å²) in [6, 6.07) is 13.4. The first-order valence-electron chi connectivity index (χ1n) is 12.0. The van der Waals surface area contributed by atoms with Crippen LogP contribution in [0, 0.1) is 13.8 Å². The maximum absolute atomic E-state index is 13.6. The van der Waals surface area contributed by atoms with Gasteiger partial charge in [0, 0.05) is 22.3 Å². The first-order valence-corrected chi connectivity index (χ1v) is 12.8. The van der Waals surface area contributed by atoms with Crippen molar-refractivity contribution < 1.29 is 14.3 Å². The molecular weight excluding hydrogens is 458 g/mol. The Labute approximate surface area is 210 Å². The summed E-state index contributed by atoms with van der Waals surface area (Å²) in [6.07, 6.45) is 8.14. The van der Waals surface area contributed by atoms with E-state index < -0.39 is 5.91 Å². The Balaban J connectivity index is 1.70. The Hall–Kier alpha value is -3.45. The summed E-state index contributed by atoms with van der Waals surface area (Å²) < 4.78 is 5.54. The molecule has 182 valence electrons. The molecule has 2 aromatic carbocycles. The Morgan fingerprint density at radius 3 is 2.51 bits per heavy atom. The van der Waals surface area contributed by atoms with Gasteiger partial charge in [-0.2, -0.15) is 0 Å². The third-order valence-corrected chi connectivity index (χ3v) is 7.17. The van der Waals surface area contributed by atoms with Gasteiger partial charge in [-0.05, 0) is 80.5 Å². The van der Waals surface area contributed by atoms with E-state index in [0.29, 0.717) is 16.3 Å². The fourth-order valence-corrected chi connectivity index (χ4v) is 5.70. The normalized spacial score (nSPS) is 13.7. The minimum absolute atomic E-state index is 0.126. The van der Waals surface area contributed by atoms with Crippen LogP contribution in [-0.2, 0) is 17.6 Å². The summed E-state index contributed by atoms with van der Waals surface area (Å²) in [5, 5.41) is 3.81. The number of benzene rings is 2. The van der Waals surface area contributed by atoms with Gasteiger partial charge in [0.2, 0.25) is 0 Å². The second-order valence-corrected chi connectivity index (χ2v) is 10.1. The van der Waals surface area contributed by atoms with E-state index in [-0.39, 0.29) is 12.5 Å². The number of para-hydroxylation sites is 1. The van der Waals surface area contributed by atoms with Crippen molar-refractivity contribution in [3.05, 3.63) is 75.2 Å². The zero-order chi connectivity index (χ0) is 24.8. The third-order valence-electron chi connectivity index (χ3n) is 5.97. The number of fused-ring (bicyclic) bond motifs is 1. The second-order valence-electron chi connectivity index (χ2n) is 8.98. The van der Waals surface area contributed by atoms with Crippen molar-refractivity contribution in [3.8, 4) is 5.75 Å². The number of rotatable bonds is 7. The molecule has 1 heterocycles. The van der Waals surface area contributed by atoms with Crippen molar-refractivity contribution in [2.24, 2.45) is 10.7 Å². The van der Waals surface area contributed by atoms with Crippen LogP contribution in [0.5, 0.6) is 5.75 Å². The van der Waals surface area contributed by atoms with Gasteiger partial charge in [0.15, 0.2) is 6.61 Å². The highest BCUT2D eigenvalue weighted by atomic mass is 32.1. The predicted octanol–water partition coefficient (Wildman–Crippen LogP) is 5.89. The fourth-order valence-electron chi connectivity index (χ4n) is 4.47. The number of amides is 2. The molecule has 1 aliphatic rings. The zero-order valence-corrected chi connectivity index (χ0v) is 21.0. The molecule has 1 aliphatic carbocycles. The van der Waals surface area contributed by atoms with Crippen molar-refractivity contribution in [1.82, 2.24) is 0 Å². The molecule has 3 aromatic rings. The van der Waals surface area contributed by atoms with E-state index in [2.05, 4.69) is 11.4 Å². The highest BCUT2D eigenvalue weighted by molar-refractivity contribution is 7.16. The minimum Gasteiger partial charge on any atom is -0.483 e. The molecule has 0 aliphatic heterocycles. The molecule has 0 saturated heterocycles. The highest BCUT2D eigenvalue weighted by Gasteiger charge is 2.24. The number of ether oxygens (including phenoxy) is 1. The first kappa shape index (κ1) is 24.7. The Kier molecular flexibility index (Phi) is 7.98. The number of nitrogens with one attached hydrogen (secondary N) is 1. The lowest BCUT2D eigenvalue weighted by Gasteiger charge is -2.12. The number of carbonyl (C=O) groups excluding carboxylic acids is 2. The van der Waals surface area contributed by atoms with Gasteiger partial charge < -0.3 is 15.8 Å². The lowest BCUT2D eigenvalue weighted by Crippen LogP contribution is -2.20. The SMILES string of the molecule is Cc1cc(C)cc(NC(=O)c2c(N=Cc3ccccc3OCC(N)=O)sc3c2CCCCCC3)c1. The number of nitrogens with zero attached hydrogens (tertiary/aromatic N) is 1. The highest BCUT2D eigenvalue weighted by Crippen LogP contribution is 2.39. The van der Waals surface area contributed by atoms with Gasteiger partial charge in [-0.15, -0.1) is 11.3 Å². The zero-order valence-electron chi connectivity index (χ0n) is 20.2. The maximum Gasteiger partial charge on any atom is 0.259 e. The number of anilines is 1. The van der Waals surface area contributed by atoms with Crippen LogP contribution in [0.4, 0.5) is 10.7 Å². The topological polar surface area (TPSA) is 93.8 Å². The van der Waals surface area contributed by atoms with E-state index in [1.54, 1.807) is 23.6 Å². The molecule has 0 unspecified atom stereocenters. The number of thiophene rings is 1. The van der Waals surface area contributed by atoms with Gasteiger partial charge in [-0.25, -0.2) is 4.99 Å². The molecule has 0 bridgehead atoms. The van der Waals surface area contributed by atoms with Gasteiger partial charge in [-0.1, -0.05) is 31.0 Å². The van der Waals surface area contributed by atoms with E-state index in [9.17, 15) is 9.59 Å². The molecule has 0 radical (unpaired) electrons. The van der Waals surface area contributed by atoms with Crippen LogP contribution < -0.4 is 15.8 Å². The summed E-state index contributed by atoms with van der Waals surface area (Å²) in [5.74, 6) is -0.148. The number of aliphatic imine (C=N–C) groups is 1. The molecular formula is C28H31N3O3S. The molecule has 0 atom stereocenters. The molecule has 2 amide bonds. The van der Waals surface area contributed by atoms with Crippen LogP contribution in [0.15, 0.2) is 47.5 Å². The molecule has 4 rings (SSSR count). The maximum atomic E-state index is 13.6. The Morgan fingerprint density at radius 1 is 1.06 bits per heavy atom. The third kappa shape index (κ3) is 6.36. The number of hydrogen-bond acceptors (Lipinski definition) is 5. The molecule has 6 nitrogen and oxygen atoms in total. The Bertz CT molecular complexity index is 1240. The second kappa shape index (κ2) is 11.3. The van der Waals surface area contributed by atoms with E-state index in [1.807, 2.05) is 44.2 Å². The van der Waals surface area contributed by atoms with Crippen molar-refractivity contribution in [2.45, 2.75) is 52.4 Å². The number of hydrogen-bond donors (Lipinski definition) is 2. The summed E-state index contributed by atoms with van der Waals surface area (Å²) in [5.41, 5.74) is 10.7. The van der Waals surface area contributed by atoms with E-state index in [1.165, 1.54) is 17.7 Å². The number of carbonyl (C=O) groups is 2. The smallest absolute Gasteiger partial charge is 0.259 e. The van der Waals surface area contributed by atoms with Crippen molar-refractivity contribution in [3.63, 3.8) is 0 Å². The summed E-state index contributed by atoms with van der Waals surface area (Å²) in [7, 11) is 0. The summed E-state index contributed by atoms with van der Waals surface area (Å²) >= 11 is 1.60. The summed E-state index contributed by atoms with van der Waals surface area (Å²) in [4.78, 5) is 30.8. The van der Waals surface area contributed by atoms with Gasteiger partial charge in [0.25, 0.3) is 11.8 Å². The molecule has 3 N–H and O–H groups in total. The average molecular weight is 490 g/mol. The largest absolute Gasteiger partial charge is 0.483 e. The van der Waals surface area contributed by atoms with Gasteiger partial charge in [0.1, 0.15) is 10.8 Å². The van der Waals surface area contributed by atoms with Gasteiger partial charge >= 0.3 is 0 Å². The number of aryl methyl sites for hydroxylation is 3. The predicted molar refractivity (Wildman–Crippen MR) is 142 cm³/mol. The van der Waals surface area contributed by atoms with Crippen LogP contribution in [0.2, 0.25) is 0 Å². The molecule has 35 heavy (non-hydrogen) atoms. The minimum atomic E-state index is -0.542. The fraction of sp³-hybridized carbons (Fsp3) is 0.321. The number of nitrogens with two attached hydrogens (primary N) is 1. The van der Waals surface area contributed by atoms with Crippen molar-refractivity contribution in [1.29, 1.82) is 0 Å². The standard InChI is InChI=1S/C28H31N3O3S/c1-18-13-19(2)15-21(14-18)31-27(33)26-22-10-5-3-4-6-12-24(22)35-28(26)30-16-20-9-7-8-11-23(20)34-17-25(29)32/h7-9,11,13-16H,3-6,10,12,17H2,1-2H3,(H2,29,32)(H,31,33). The van der Waals surface area contributed by atoms with Crippen LogP contribution in [0.1, 0.15) is 63.2 Å². The Morgan fingerprint density at radius 2 is 1.77 bits per heavy atom. The lowest BCUT2D eigenvalue weighted by atomic mass is 9.96. The van der Waals surface area contributed by atoms with E-state index >= 15 is 0 Å².